The second-order valence-corrected chi connectivity index (χ2v) is 6.53. The Morgan fingerprint density at radius 1 is 1.11 bits per heavy atom. The molecule has 3 rings (SSSR count). The number of aromatic nitrogens is 2. The van der Waals surface area contributed by atoms with E-state index in [9.17, 15) is 13.6 Å². The predicted molar refractivity (Wildman–Crippen MR) is 103 cm³/mol. The first-order chi connectivity index (χ1) is 13.4. The number of nitrogens with zero attached hydrogens (tertiary/aromatic N) is 3. The molecule has 0 saturated carbocycles. The van der Waals surface area contributed by atoms with Crippen LogP contribution in [0.15, 0.2) is 60.8 Å². The number of anilines is 2. The average Bonchev–Trinajstić information content (AvgIpc) is 2.68. The molecule has 1 aromatic heterocycles. The van der Waals surface area contributed by atoms with E-state index in [2.05, 4.69) is 15.3 Å². The van der Waals surface area contributed by atoms with Crippen LogP contribution in [0.3, 0.4) is 0 Å². The smallest absolute Gasteiger partial charge is 0.273 e. The lowest BCUT2D eigenvalue weighted by Crippen LogP contribution is -2.37. The van der Waals surface area contributed by atoms with E-state index in [1.807, 2.05) is 44.2 Å². The van der Waals surface area contributed by atoms with Gasteiger partial charge in [-0.1, -0.05) is 30.3 Å². The molecule has 7 heteroatoms. The highest BCUT2D eigenvalue weighted by molar-refractivity contribution is 5.92. The van der Waals surface area contributed by atoms with E-state index in [-0.39, 0.29) is 29.3 Å². The van der Waals surface area contributed by atoms with Gasteiger partial charge in [0.1, 0.15) is 17.3 Å². The van der Waals surface area contributed by atoms with Crippen LogP contribution in [-0.2, 0) is 6.54 Å². The van der Waals surface area contributed by atoms with E-state index in [0.29, 0.717) is 6.54 Å². The van der Waals surface area contributed by atoms with Crippen molar-refractivity contribution in [3.8, 4) is 0 Å². The van der Waals surface area contributed by atoms with Gasteiger partial charge < -0.3 is 10.2 Å². The monoisotopic (exact) mass is 382 g/mol. The molecule has 5 nitrogen and oxygen atoms in total. The number of carbonyl (C=O) groups excluding carboxylic acids is 1. The van der Waals surface area contributed by atoms with Crippen LogP contribution in [0.1, 0.15) is 29.9 Å². The van der Waals surface area contributed by atoms with Gasteiger partial charge in [0.25, 0.3) is 5.91 Å². The van der Waals surface area contributed by atoms with Crippen LogP contribution < -0.4 is 5.32 Å². The number of hydrogen-bond acceptors (Lipinski definition) is 4. The zero-order valence-corrected chi connectivity index (χ0v) is 15.6. The number of benzene rings is 2. The zero-order chi connectivity index (χ0) is 20.1. The first-order valence-corrected chi connectivity index (χ1v) is 8.84. The summed E-state index contributed by atoms with van der Waals surface area (Å²) in [5.41, 5.74) is 1.21. The summed E-state index contributed by atoms with van der Waals surface area (Å²) in [7, 11) is 0. The Labute approximate surface area is 162 Å². The van der Waals surface area contributed by atoms with Crippen LogP contribution in [0.2, 0.25) is 0 Å². The molecule has 144 valence electrons. The van der Waals surface area contributed by atoms with Crippen LogP contribution in [-0.4, -0.2) is 26.8 Å². The lowest BCUT2D eigenvalue weighted by molar-refractivity contribution is 0.0684. The molecule has 1 amide bonds. The number of hydrogen-bond donors (Lipinski definition) is 1. The number of amides is 1. The minimum Gasteiger partial charge on any atom is -0.331 e. The van der Waals surface area contributed by atoms with E-state index < -0.39 is 11.6 Å². The molecule has 1 heterocycles. The van der Waals surface area contributed by atoms with Gasteiger partial charge >= 0.3 is 0 Å². The second kappa shape index (κ2) is 8.56. The molecule has 0 atom stereocenters. The maximum Gasteiger partial charge on any atom is 0.273 e. The third-order valence-corrected chi connectivity index (χ3v) is 4.13. The van der Waals surface area contributed by atoms with E-state index in [1.165, 1.54) is 18.3 Å². The molecule has 0 saturated heterocycles. The molecular formula is C21H20F2N4O. The molecule has 0 spiro atoms. The van der Waals surface area contributed by atoms with E-state index >= 15 is 0 Å². The summed E-state index contributed by atoms with van der Waals surface area (Å²) in [5.74, 6) is -1.65. The Kier molecular flexibility index (Phi) is 5.93. The van der Waals surface area contributed by atoms with Gasteiger partial charge in [-0.05, 0) is 37.6 Å². The Bertz CT molecular complexity index is 964. The van der Waals surface area contributed by atoms with Gasteiger partial charge in [-0.15, -0.1) is 0 Å². The first kappa shape index (κ1) is 19.4. The number of halogens is 2. The summed E-state index contributed by atoms with van der Waals surface area (Å²) in [6, 6.07) is 14.3. The van der Waals surface area contributed by atoms with E-state index in [4.69, 9.17) is 0 Å². The molecule has 28 heavy (non-hydrogen) atoms. The molecule has 0 fully saturated rings. The molecule has 1 N–H and O–H groups in total. The van der Waals surface area contributed by atoms with Crippen molar-refractivity contribution < 1.29 is 13.6 Å². The average molecular weight is 382 g/mol. The van der Waals surface area contributed by atoms with Gasteiger partial charge in [-0.3, -0.25) is 4.79 Å². The quantitative estimate of drug-likeness (QED) is 0.680. The second-order valence-electron chi connectivity index (χ2n) is 6.53. The molecule has 0 bridgehead atoms. The van der Waals surface area contributed by atoms with Gasteiger partial charge in [0.2, 0.25) is 5.95 Å². The van der Waals surface area contributed by atoms with Gasteiger partial charge in [0.05, 0.1) is 5.69 Å². The Morgan fingerprint density at radius 3 is 2.54 bits per heavy atom. The maximum absolute atomic E-state index is 13.8. The minimum absolute atomic E-state index is 0.0241. The van der Waals surface area contributed by atoms with Gasteiger partial charge in [0.15, 0.2) is 0 Å². The molecule has 0 radical (unpaired) electrons. The van der Waals surface area contributed by atoms with Crippen LogP contribution in [0.5, 0.6) is 0 Å². The fraction of sp³-hybridized carbons (Fsp3) is 0.190. The molecule has 0 aliphatic rings. The summed E-state index contributed by atoms with van der Waals surface area (Å²) in [4.78, 5) is 22.9. The molecule has 0 unspecified atom stereocenters. The third kappa shape index (κ3) is 4.68. The molecular weight excluding hydrogens is 362 g/mol. The maximum atomic E-state index is 13.8. The summed E-state index contributed by atoms with van der Waals surface area (Å²) in [6.07, 6.45) is 1.42. The SMILES string of the molecule is CC(C)N(Cc1ccccc1)C(=O)c1ccnc(Nc2ccc(F)cc2F)n1. The topological polar surface area (TPSA) is 58.1 Å². The molecule has 0 aliphatic heterocycles. The lowest BCUT2D eigenvalue weighted by atomic mass is 10.1. The highest BCUT2D eigenvalue weighted by Crippen LogP contribution is 2.19. The van der Waals surface area contributed by atoms with Gasteiger partial charge in [0, 0.05) is 24.8 Å². The lowest BCUT2D eigenvalue weighted by Gasteiger charge is -2.26. The highest BCUT2D eigenvalue weighted by Gasteiger charge is 2.21. The summed E-state index contributed by atoms with van der Waals surface area (Å²) in [6.45, 7) is 4.29. The van der Waals surface area contributed by atoms with Crippen molar-refractivity contribution in [2.75, 3.05) is 5.32 Å². The molecule has 2 aromatic carbocycles. The van der Waals surface area contributed by atoms with Crippen LogP contribution in [0.25, 0.3) is 0 Å². The zero-order valence-electron chi connectivity index (χ0n) is 15.6. The van der Waals surface area contributed by atoms with Crippen molar-refractivity contribution in [1.29, 1.82) is 0 Å². The number of rotatable bonds is 6. The Morgan fingerprint density at radius 2 is 1.86 bits per heavy atom. The highest BCUT2D eigenvalue weighted by atomic mass is 19.1. The van der Waals surface area contributed by atoms with Crippen molar-refractivity contribution in [3.63, 3.8) is 0 Å². The van der Waals surface area contributed by atoms with Crippen molar-refractivity contribution in [2.24, 2.45) is 0 Å². The summed E-state index contributed by atoms with van der Waals surface area (Å²) in [5, 5.41) is 2.68. The first-order valence-electron chi connectivity index (χ1n) is 8.84. The third-order valence-electron chi connectivity index (χ3n) is 4.13. The van der Waals surface area contributed by atoms with E-state index in [0.717, 1.165) is 17.7 Å². The Hall–Kier alpha value is -3.35. The van der Waals surface area contributed by atoms with E-state index in [1.54, 1.807) is 4.90 Å². The van der Waals surface area contributed by atoms with Crippen molar-refractivity contribution >= 4 is 17.5 Å². The van der Waals surface area contributed by atoms with Crippen molar-refractivity contribution in [1.82, 2.24) is 14.9 Å². The number of nitrogens with one attached hydrogen (secondary N) is 1. The standard InChI is InChI=1S/C21H20F2N4O/c1-14(2)27(13-15-6-4-3-5-7-15)20(28)19-10-11-24-21(26-19)25-18-9-8-16(22)12-17(18)23/h3-12,14H,13H2,1-2H3,(H,24,25,26). The summed E-state index contributed by atoms with van der Waals surface area (Å²) < 4.78 is 26.9. The predicted octanol–water partition coefficient (Wildman–Crippen LogP) is 4.55. The fourth-order valence-electron chi connectivity index (χ4n) is 2.67. The van der Waals surface area contributed by atoms with Crippen molar-refractivity contribution in [3.05, 3.63) is 83.7 Å². The van der Waals surface area contributed by atoms with Gasteiger partial charge in [-0.25, -0.2) is 18.7 Å². The van der Waals surface area contributed by atoms with Crippen molar-refractivity contribution in [2.45, 2.75) is 26.4 Å². The van der Waals surface area contributed by atoms with Crippen LogP contribution in [0, 0.1) is 11.6 Å². The minimum atomic E-state index is -0.770. The van der Waals surface area contributed by atoms with Gasteiger partial charge in [-0.2, -0.15) is 0 Å². The largest absolute Gasteiger partial charge is 0.331 e. The summed E-state index contributed by atoms with van der Waals surface area (Å²) >= 11 is 0. The van der Waals surface area contributed by atoms with Crippen LogP contribution in [0.4, 0.5) is 20.4 Å². The molecule has 3 aromatic rings. The normalized spacial score (nSPS) is 10.8. The fourth-order valence-corrected chi connectivity index (χ4v) is 2.67. The van der Waals surface area contributed by atoms with Crippen LogP contribution >= 0.6 is 0 Å². The number of carbonyl (C=O) groups is 1. The molecule has 0 aliphatic carbocycles. The Balaban J connectivity index is 1.81.